The van der Waals surface area contributed by atoms with Gasteiger partial charge in [0.05, 0.1) is 11.3 Å². The Kier molecular flexibility index (Phi) is 5.40. The first-order valence-electron chi connectivity index (χ1n) is 5.66. The van der Waals surface area contributed by atoms with E-state index in [2.05, 4.69) is 10.7 Å². The third-order valence-corrected chi connectivity index (χ3v) is 3.06. The number of carbonyl (C=O) groups excluding carboxylic acids is 1. The van der Waals surface area contributed by atoms with Gasteiger partial charge < -0.3 is 15.6 Å². The molecule has 1 aromatic carbocycles. The molecule has 6 heteroatoms. The van der Waals surface area contributed by atoms with Gasteiger partial charge in [0.1, 0.15) is 0 Å². The van der Waals surface area contributed by atoms with Gasteiger partial charge in [0.2, 0.25) is 0 Å². The number of rotatable bonds is 5. The van der Waals surface area contributed by atoms with Crippen LogP contribution in [0.5, 0.6) is 0 Å². The van der Waals surface area contributed by atoms with Crippen molar-refractivity contribution in [3.8, 4) is 0 Å². The summed E-state index contributed by atoms with van der Waals surface area (Å²) in [5.41, 5.74) is 3.48. The summed E-state index contributed by atoms with van der Waals surface area (Å²) in [5, 5.41) is 3.35. The first kappa shape index (κ1) is 14.8. The van der Waals surface area contributed by atoms with Crippen molar-refractivity contribution in [3.05, 3.63) is 28.8 Å². The smallest absolute Gasteiger partial charge is 0.253 e. The van der Waals surface area contributed by atoms with Crippen LogP contribution in [0.15, 0.2) is 18.2 Å². The Balaban J connectivity index is 2.75. The SMILES string of the molecule is CC(CNC(=O)c1cc(Cl)ccc1NN)N(C)C. The van der Waals surface area contributed by atoms with Gasteiger partial charge in [0, 0.05) is 17.6 Å². The minimum atomic E-state index is -0.195. The fraction of sp³-hybridized carbons (Fsp3) is 0.417. The number of hydrogen-bond donors (Lipinski definition) is 3. The predicted octanol–water partition coefficient (Wildman–Crippen LogP) is 1.31. The maximum atomic E-state index is 12.0. The van der Waals surface area contributed by atoms with Crippen molar-refractivity contribution in [2.45, 2.75) is 13.0 Å². The number of nitrogens with two attached hydrogens (primary N) is 1. The van der Waals surface area contributed by atoms with E-state index < -0.39 is 0 Å². The highest BCUT2D eigenvalue weighted by Crippen LogP contribution is 2.19. The van der Waals surface area contributed by atoms with Gasteiger partial charge in [-0.05, 0) is 39.2 Å². The number of hydrogen-bond acceptors (Lipinski definition) is 4. The number of halogens is 1. The molecule has 1 unspecified atom stereocenters. The van der Waals surface area contributed by atoms with Crippen LogP contribution in [0.4, 0.5) is 5.69 Å². The number of hydrazine groups is 1. The lowest BCUT2D eigenvalue weighted by atomic mass is 10.1. The minimum Gasteiger partial charge on any atom is -0.350 e. The molecule has 0 saturated heterocycles. The molecule has 5 nitrogen and oxygen atoms in total. The van der Waals surface area contributed by atoms with Gasteiger partial charge in [-0.1, -0.05) is 11.6 Å². The molecular formula is C12H19ClN4O. The average Bonchev–Trinajstić information content (AvgIpc) is 2.35. The van der Waals surface area contributed by atoms with Gasteiger partial charge in [-0.2, -0.15) is 0 Å². The summed E-state index contributed by atoms with van der Waals surface area (Å²) < 4.78 is 0. The normalized spacial score (nSPS) is 12.3. The standard InChI is InChI=1S/C12H19ClN4O/c1-8(17(2)3)7-15-12(18)10-6-9(13)4-5-11(10)16-14/h4-6,8,16H,7,14H2,1-3H3,(H,15,18). The van der Waals surface area contributed by atoms with Crippen LogP contribution < -0.4 is 16.6 Å². The Morgan fingerprint density at radius 2 is 2.17 bits per heavy atom. The van der Waals surface area contributed by atoms with E-state index in [1.165, 1.54) is 0 Å². The number of nitrogens with one attached hydrogen (secondary N) is 2. The minimum absolute atomic E-state index is 0.195. The topological polar surface area (TPSA) is 70.4 Å². The molecule has 1 atom stereocenters. The van der Waals surface area contributed by atoms with Crippen LogP contribution in [-0.4, -0.2) is 37.5 Å². The van der Waals surface area contributed by atoms with Gasteiger partial charge in [0.15, 0.2) is 0 Å². The Morgan fingerprint density at radius 3 is 2.72 bits per heavy atom. The number of nitrogens with zero attached hydrogens (tertiary/aromatic N) is 1. The highest BCUT2D eigenvalue weighted by Gasteiger charge is 2.13. The van der Waals surface area contributed by atoms with Crippen molar-refractivity contribution in [2.75, 3.05) is 26.1 Å². The van der Waals surface area contributed by atoms with Crippen LogP contribution in [0.25, 0.3) is 0 Å². The lowest BCUT2D eigenvalue weighted by Crippen LogP contribution is -2.38. The predicted molar refractivity (Wildman–Crippen MR) is 74.7 cm³/mol. The van der Waals surface area contributed by atoms with E-state index in [0.29, 0.717) is 22.8 Å². The molecule has 0 aliphatic rings. The van der Waals surface area contributed by atoms with Gasteiger partial charge in [-0.3, -0.25) is 10.6 Å². The first-order chi connectivity index (χ1) is 8.45. The average molecular weight is 271 g/mol. The van der Waals surface area contributed by atoms with E-state index in [9.17, 15) is 4.79 Å². The van der Waals surface area contributed by atoms with E-state index in [-0.39, 0.29) is 11.9 Å². The molecule has 0 spiro atoms. The largest absolute Gasteiger partial charge is 0.350 e. The molecule has 4 N–H and O–H groups in total. The number of carbonyl (C=O) groups is 1. The van der Waals surface area contributed by atoms with Gasteiger partial charge in [-0.25, -0.2) is 0 Å². The number of benzene rings is 1. The molecular weight excluding hydrogens is 252 g/mol. The van der Waals surface area contributed by atoms with Gasteiger partial charge in [0.25, 0.3) is 5.91 Å². The molecule has 18 heavy (non-hydrogen) atoms. The third-order valence-electron chi connectivity index (χ3n) is 2.82. The molecule has 1 rings (SSSR count). The fourth-order valence-corrected chi connectivity index (χ4v) is 1.52. The third kappa shape index (κ3) is 3.87. The second-order valence-electron chi connectivity index (χ2n) is 4.36. The van der Waals surface area contributed by atoms with Crippen molar-refractivity contribution >= 4 is 23.2 Å². The second kappa shape index (κ2) is 6.58. The molecule has 0 fully saturated rings. The van der Waals surface area contributed by atoms with Crippen LogP contribution >= 0.6 is 11.6 Å². The summed E-state index contributed by atoms with van der Waals surface area (Å²) in [7, 11) is 3.92. The Labute approximate surface area is 112 Å². The second-order valence-corrected chi connectivity index (χ2v) is 4.79. The molecule has 1 amide bonds. The highest BCUT2D eigenvalue weighted by molar-refractivity contribution is 6.31. The summed E-state index contributed by atoms with van der Waals surface area (Å²) >= 11 is 5.87. The zero-order valence-electron chi connectivity index (χ0n) is 10.8. The molecule has 0 aliphatic heterocycles. The summed E-state index contributed by atoms with van der Waals surface area (Å²) in [5.74, 6) is 5.17. The van der Waals surface area contributed by atoms with Crippen molar-refractivity contribution in [3.63, 3.8) is 0 Å². The Bertz CT molecular complexity index is 423. The van der Waals surface area contributed by atoms with E-state index >= 15 is 0 Å². The summed E-state index contributed by atoms with van der Waals surface area (Å²) in [6.07, 6.45) is 0. The van der Waals surface area contributed by atoms with E-state index in [0.717, 1.165) is 0 Å². The molecule has 0 radical (unpaired) electrons. The van der Waals surface area contributed by atoms with Crippen LogP contribution in [0, 0.1) is 0 Å². The number of nitrogen functional groups attached to an aromatic ring is 1. The van der Waals surface area contributed by atoms with E-state index in [1.807, 2.05) is 25.9 Å². The molecule has 0 aromatic heterocycles. The first-order valence-corrected chi connectivity index (χ1v) is 6.04. The number of amides is 1. The highest BCUT2D eigenvalue weighted by atomic mass is 35.5. The molecule has 100 valence electrons. The van der Waals surface area contributed by atoms with Crippen molar-refractivity contribution in [1.82, 2.24) is 10.2 Å². The van der Waals surface area contributed by atoms with Crippen LogP contribution in [0.2, 0.25) is 5.02 Å². The summed E-state index contributed by atoms with van der Waals surface area (Å²) in [6, 6.07) is 5.19. The monoisotopic (exact) mass is 270 g/mol. The summed E-state index contributed by atoms with van der Waals surface area (Å²) in [4.78, 5) is 14.0. The van der Waals surface area contributed by atoms with Crippen molar-refractivity contribution in [2.24, 2.45) is 5.84 Å². The van der Waals surface area contributed by atoms with E-state index in [1.54, 1.807) is 18.2 Å². The lowest BCUT2D eigenvalue weighted by molar-refractivity contribution is 0.0944. The number of likely N-dealkylation sites (N-methyl/N-ethyl adjacent to an activating group) is 1. The quantitative estimate of drug-likeness (QED) is 0.557. The maximum absolute atomic E-state index is 12.0. The van der Waals surface area contributed by atoms with Crippen LogP contribution in [0.1, 0.15) is 17.3 Å². The fourth-order valence-electron chi connectivity index (χ4n) is 1.35. The lowest BCUT2D eigenvalue weighted by Gasteiger charge is -2.20. The molecule has 0 bridgehead atoms. The number of anilines is 1. The molecule has 0 heterocycles. The summed E-state index contributed by atoms with van der Waals surface area (Å²) in [6.45, 7) is 2.59. The van der Waals surface area contributed by atoms with Gasteiger partial charge in [-0.15, -0.1) is 0 Å². The van der Waals surface area contributed by atoms with Crippen molar-refractivity contribution < 1.29 is 4.79 Å². The zero-order chi connectivity index (χ0) is 13.7. The maximum Gasteiger partial charge on any atom is 0.253 e. The molecule has 0 saturated carbocycles. The zero-order valence-corrected chi connectivity index (χ0v) is 11.6. The van der Waals surface area contributed by atoms with E-state index in [4.69, 9.17) is 17.4 Å². The van der Waals surface area contributed by atoms with Crippen LogP contribution in [0.3, 0.4) is 0 Å². The van der Waals surface area contributed by atoms with Gasteiger partial charge >= 0.3 is 0 Å². The van der Waals surface area contributed by atoms with Crippen LogP contribution in [-0.2, 0) is 0 Å². The molecule has 1 aromatic rings. The molecule has 0 aliphatic carbocycles. The Hall–Kier alpha value is -1.30. The Morgan fingerprint density at radius 1 is 1.50 bits per heavy atom. The van der Waals surface area contributed by atoms with Crippen molar-refractivity contribution in [1.29, 1.82) is 0 Å².